The Morgan fingerprint density at radius 2 is 1.91 bits per heavy atom. The van der Waals surface area contributed by atoms with Crippen LogP contribution in [0.5, 0.6) is 0 Å². The van der Waals surface area contributed by atoms with E-state index in [0.717, 1.165) is 16.8 Å². The molecule has 0 spiro atoms. The maximum absolute atomic E-state index is 12.9. The lowest BCUT2D eigenvalue weighted by molar-refractivity contribution is 0.573. The molecule has 0 bridgehead atoms. The number of nitrogens with zero attached hydrogens (tertiary/aromatic N) is 1. The topological polar surface area (TPSA) is 34.0 Å². The Kier molecular flexibility index (Phi) is 4.40. The standard InChI is InChI=1S/C20H26N2O/c1-13(2)22-19(18-9-5-14(3)11-15(18)4)10-6-16(20(22)23)12-21-17-7-8-17/h5-6,9-11,13,17,21H,7-8,12H2,1-4H3. The van der Waals surface area contributed by atoms with Crippen molar-refractivity contribution in [3.05, 3.63) is 57.4 Å². The van der Waals surface area contributed by atoms with E-state index in [4.69, 9.17) is 0 Å². The van der Waals surface area contributed by atoms with Crippen molar-refractivity contribution in [2.45, 2.75) is 59.2 Å². The normalized spacial score (nSPS) is 14.5. The van der Waals surface area contributed by atoms with Gasteiger partial charge >= 0.3 is 0 Å². The van der Waals surface area contributed by atoms with Crippen LogP contribution in [0.25, 0.3) is 11.3 Å². The van der Waals surface area contributed by atoms with Crippen molar-refractivity contribution in [3.8, 4) is 11.3 Å². The molecule has 122 valence electrons. The lowest BCUT2D eigenvalue weighted by atomic mass is 10.0. The van der Waals surface area contributed by atoms with E-state index in [9.17, 15) is 4.79 Å². The Balaban J connectivity index is 2.05. The highest BCUT2D eigenvalue weighted by atomic mass is 16.1. The summed E-state index contributed by atoms with van der Waals surface area (Å²) in [5.74, 6) is 0. The molecular weight excluding hydrogens is 284 g/mol. The maximum Gasteiger partial charge on any atom is 0.255 e. The molecule has 1 aromatic heterocycles. The predicted molar refractivity (Wildman–Crippen MR) is 95.9 cm³/mol. The average Bonchev–Trinajstić information content (AvgIpc) is 3.29. The molecule has 1 aliphatic carbocycles. The molecule has 0 atom stereocenters. The number of hydrogen-bond donors (Lipinski definition) is 1. The molecule has 3 nitrogen and oxygen atoms in total. The molecule has 2 aromatic rings. The van der Waals surface area contributed by atoms with Crippen LogP contribution in [0, 0.1) is 13.8 Å². The summed E-state index contributed by atoms with van der Waals surface area (Å²) in [5, 5.41) is 3.44. The molecule has 1 saturated carbocycles. The first-order chi connectivity index (χ1) is 11.0. The summed E-state index contributed by atoms with van der Waals surface area (Å²) in [5.41, 5.74) is 5.60. The van der Waals surface area contributed by atoms with Gasteiger partial charge in [0.05, 0.1) is 5.69 Å². The van der Waals surface area contributed by atoms with Crippen LogP contribution < -0.4 is 10.9 Å². The second-order valence-corrected chi connectivity index (χ2v) is 6.99. The fourth-order valence-electron chi connectivity index (χ4n) is 3.10. The van der Waals surface area contributed by atoms with Crippen molar-refractivity contribution in [3.63, 3.8) is 0 Å². The van der Waals surface area contributed by atoms with E-state index in [-0.39, 0.29) is 11.6 Å². The van der Waals surface area contributed by atoms with Crippen molar-refractivity contribution in [1.82, 2.24) is 9.88 Å². The Morgan fingerprint density at radius 3 is 2.52 bits per heavy atom. The monoisotopic (exact) mass is 310 g/mol. The molecule has 1 fully saturated rings. The number of nitrogens with one attached hydrogen (secondary N) is 1. The molecule has 1 aliphatic rings. The minimum atomic E-state index is 0.130. The van der Waals surface area contributed by atoms with E-state index >= 15 is 0 Å². The zero-order valence-corrected chi connectivity index (χ0v) is 14.5. The van der Waals surface area contributed by atoms with Crippen LogP contribution in [0.3, 0.4) is 0 Å². The highest BCUT2D eigenvalue weighted by Gasteiger charge is 2.21. The molecule has 23 heavy (non-hydrogen) atoms. The van der Waals surface area contributed by atoms with Crippen LogP contribution in [0.4, 0.5) is 0 Å². The van der Waals surface area contributed by atoms with Crippen LogP contribution in [0.2, 0.25) is 0 Å². The zero-order valence-electron chi connectivity index (χ0n) is 14.5. The van der Waals surface area contributed by atoms with Gasteiger partial charge in [0.2, 0.25) is 0 Å². The molecule has 3 heteroatoms. The van der Waals surface area contributed by atoms with Crippen LogP contribution in [0.1, 0.15) is 49.4 Å². The van der Waals surface area contributed by atoms with Crippen molar-refractivity contribution >= 4 is 0 Å². The first-order valence-electron chi connectivity index (χ1n) is 8.53. The molecule has 1 N–H and O–H groups in total. The van der Waals surface area contributed by atoms with E-state index in [1.165, 1.54) is 24.0 Å². The Bertz CT molecular complexity index is 770. The number of aromatic nitrogens is 1. The van der Waals surface area contributed by atoms with Gasteiger partial charge in [-0.05, 0) is 52.2 Å². The molecule has 3 rings (SSSR count). The highest BCUT2D eigenvalue weighted by Crippen LogP contribution is 2.26. The van der Waals surface area contributed by atoms with Gasteiger partial charge < -0.3 is 9.88 Å². The smallest absolute Gasteiger partial charge is 0.255 e. The number of hydrogen-bond acceptors (Lipinski definition) is 2. The second kappa shape index (κ2) is 6.32. The largest absolute Gasteiger partial charge is 0.310 e. The van der Waals surface area contributed by atoms with Crippen molar-refractivity contribution < 1.29 is 0 Å². The summed E-state index contributed by atoms with van der Waals surface area (Å²) in [6, 6.07) is 11.3. The Hall–Kier alpha value is -1.87. The molecule has 0 amide bonds. The van der Waals surface area contributed by atoms with Gasteiger partial charge in [-0.25, -0.2) is 0 Å². The number of pyridine rings is 1. The third-order valence-corrected chi connectivity index (χ3v) is 4.53. The van der Waals surface area contributed by atoms with Gasteiger partial charge in [-0.2, -0.15) is 0 Å². The van der Waals surface area contributed by atoms with E-state index in [1.54, 1.807) is 0 Å². The summed E-state index contributed by atoms with van der Waals surface area (Å²) in [7, 11) is 0. The van der Waals surface area contributed by atoms with Crippen molar-refractivity contribution in [2.24, 2.45) is 0 Å². The van der Waals surface area contributed by atoms with Crippen LogP contribution in [0.15, 0.2) is 35.1 Å². The summed E-state index contributed by atoms with van der Waals surface area (Å²) >= 11 is 0. The van der Waals surface area contributed by atoms with Gasteiger partial charge in [-0.15, -0.1) is 0 Å². The third kappa shape index (κ3) is 3.40. The van der Waals surface area contributed by atoms with Gasteiger partial charge in [-0.1, -0.05) is 29.8 Å². The van der Waals surface area contributed by atoms with Crippen LogP contribution in [-0.2, 0) is 6.54 Å². The van der Waals surface area contributed by atoms with E-state index < -0.39 is 0 Å². The minimum absolute atomic E-state index is 0.130. The van der Waals surface area contributed by atoms with Crippen molar-refractivity contribution in [1.29, 1.82) is 0 Å². The van der Waals surface area contributed by atoms with Gasteiger partial charge in [-0.3, -0.25) is 4.79 Å². The van der Waals surface area contributed by atoms with Gasteiger partial charge in [0.15, 0.2) is 0 Å². The molecule has 0 unspecified atom stereocenters. The fraction of sp³-hybridized carbons (Fsp3) is 0.450. The van der Waals surface area contributed by atoms with E-state index in [0.29, 0.717) is 12.6 Å². The van der Waals surface area contributed by atoms with Crippen LogP contribution in [-0.4, -0.2) is 10.6 Å². The molecule has 0 aliphatic heterocycles. The van der Waals surface area contributed by atoms with E-state index in [1.807, 2.05) is 10.6 Å². The lowest BCUT2D eigenvalue weighted by Gasteiger charge is -2.19. The zero-order chi connectivity index (χ0) is 16.6. The predicted octanol–water partition coefficient (Wildman–Crippen LogP) is 3.97. The molecule has 1 aromatic carbocycles. The molecule has 1 heterocycles. The van der Waals surface area contributed by atoms with Gasteiger partial charge in [0, 0.05) is 29.8 Å². The molecular formula is C20H26N2O. The average molecular weight is 310 g/mol. The lowest BCUT2D eigenvalue weighted by Crippen LogP contribution is -2.30. The Morgan fingerprint density at radius 1 is 1.17 bits per heavy atom. The highest BCUT2D eigenvalue weighted by molar-refractivity contribution is 5.64. The summed E-state index contributed by atoms with van der Waals surface area (Å²) in [4.78, 5) is 12.9. The van der Waals surface area contributed by atoms with E-state index in [2.05, 4.69) is 57.3 Å². The maximum atomic E-state index is 12.9. The second-order valence-electron chi connectivity index (χ2n) is 6.99. The number of benzene rings is 1. The first kappa shape index (κ1) is 16.0. The van der Waals surface area contributed by atoms with Gasteiger partial charge in [0.1, 0.15) is 0 Å². The summed E-state index contributed by atoms with van der Waals surface area (Å²) in [6.07, 6.45) is 2.47. The molecule has 0 saturated heterocycles. The minimum Gasteiger partial charge on any atom is -0.310 e. The summed E-state index contributed by atoms with van der Waals surface area (Å²) < 4.78 is 1.93. The molecule has 0 radical (unpaired) electrons. The SMILES string of the molecule is Cc1ccc(-c2ccc(CNC3CC3)c(=O)n2C(C)C)c(C)c1. The number of aryl methyl sites for hydroxylation is 2. The Labute approximate surface area is 138 Å². The van der Waals surface area contributed by atoms with Crippen LogP contribution >= 0.6 is 0 Å². The number of rotatable bonds is 5. The van der Waals surface area contributed by atoms with Gasteiger partial charge in [0.25, 0.3) is 5.56 Å². The third-order valence-electron chi connectivity index (χ3n) is 4.53. The fourth-order valence-corrected chi connectivity index (χ4v) is 3.10. The first-order valence-corrected chi connectivity index (χ1v) is 8.53. The summed E-state index contributed by atoms with van der Waals surface area (Å²) in [6.45, 7) is 9.03. The quantitative estimate of drug-likeness (QED) is 0.907. The van der Waals surface area contributed by atoms with Crippen molar-refractivity contribution in [2.75, 3.05) is 0 Å².